The van der Waals surface area contributed by atoms with Gasteiger partial charge >= 0.3 is 0 Å². The third-order valence-corrected chi connectivity index (χ3v) is 9.76. The summed E-state index contributed by atoms with van der Waals surface area (Å²) in [6, 6.07) is 10.1. The van der Waals surface area contributed by atoms with E-state index in [1.54, 1.807) is 11.2 Å². The van der Waals surface area contributed by atoms with Crippen LogP contribution in [0.5, 0.6) is 0 Å². The smallest absolute Gasteiger partial charge is 0.251 e. The molecule has 0 bridgehead atoms. The number of hydrogen-bond donors (Lipinski definition) is 1. The summed E-state index contributed by atoms with van der Waals surface area (Å²) in [7, 11) is -3.17. The molecule has 8 heteroatoms. The molecule has 3 heterocycles. The number of aromatic amines is 1. The van der Waals surface area contributed by atoms with Crippen LogP contribution in [-0.2, 0) is 16.4 Å². The average molecular weight is 512 g/mol. The van der Waals surface area contributed by atoms with Gasteiger partial charge in [-0.25, -0.2) is 12.7 Å². The number of pyridine rings is 1. The van der Waals surface area contributed by atoms with Crippen LogP contribution in [0.25, 0.3) is 10.9 Å². The number of nitrogens with one attached hydrogen (secondary N) is 1. The minimum Gasteiger partial charge on any atom is -0.341 e. The molecule has 7 nitrogen and oxygen atoms in total. The van der Waals surface area contributed by atoms with Gasteiger partial charge in [-0.1, -0.05) is 18.2 Å². The Hall–Kier alpha value is -2.71. The van der Waals surface area contributed by atoms with E-state index in [-0.39, 0.29) is 29.6 Å². The molecule has 0 radical (unpaired) electrons. The number of rotatable bonds is 8. The molecule has 1 atom stereocenters. The van der Waals surface area contributed by atoms with E-state index >= 15 is 0 Å². The Morgan fingerprint density at radius 3 is 2.44 bits per heavy atom. The fraction of sp³-hybridized carbons (Fsp3) is 0.500. The number of aromatic nitrogens is 2. The number of ketones is 1. The van der Waals surface area contributed by atoms with Crippen molar-refractivity contribution in [3.8, 4) is 0 Å². The predicted octanol–water partition coefficient (Wildman–Crippen LogP) is 4.69. The van der Waals surface area contributed by atoms with Gasteiger partial charge in [0.25, 0.3) is 5.56 Å². The number of benzene rings is 1. The number of piperidine rings is 1. The van der Waals surface area contributed by atoms with E-state index in [4.69, 9.17) is 0 Å². The summed E-state index contributed by atoms with van der Waals surface area (Å²) in [5.74, 6) is 0.492. The highest BCUT2D eigenvalue weighted by atomic mass is 32.2. The highest BCUT2D eigenvalue weighted by molar-refractivity contribution is 7.89. The van der Waals surface area contributed by atoms with Crippen molar-refractivity contribution < 1.29 is 13.2 Å². The van der Waals surface area contributed by atoms with Crippen LogP contribution >= 0.6 is 0 Å². The summed E-state index contributed by atoms with van der Waals surface area (Å²) in [6.07, 6.45) is 2.26. The molecule has 1 aliphatic heterocycles. The molecule has 0 aliphatic carbocycles. The maximum absolute atomic E-state index is 13.5. The zero-order chi connectivity index (χ0) is 26.2. The zero-order valence-electron chi connectivity index (χ0n) is 21.9. The molecule has 0 amide bonds. The number of H-pyrrole nitrogens is 1. The van der Waals surface area contributed by atoms with Crippen LogP contribution in [-0.4, -0.2) is 46.9 Å². The Bertz CT molecular complexity index is 1440. The number of para-hydroxylation sites is 1. The fourth-order valence-corrected chi connectivity index (χ4v) is 6.99. The first-order valence-corrected chi connectivity index (χ1v) is 14.5. The predicted molar refractivity (Wildman–Crippen MR) is 144 cm³/mol. The number of nitrogens with zero attached hydrogens (tertiary/aromatic N) is 2. The number of hydrogen-bond acceptors (Lipinski definition) is 4. The second-order valence-electron chi connectivity index (χ2n) is 10.1. The van der Waals surface area contributed by atoms with E-state index < -0.39 is 10.0 Å². The zero-order valence-corrected chi connectivity index (χ0v) is 22.7. The largest absolute Gasteiger partial charge is 0.341 e. The van der Waals surface area contributed by atoms with Gasteiger partial charge in [-0.2, -0.15) is 0 Å². The number of fused-ring (bicyclic) bond motifs is 1. The third-order valence-electron chi connectivity index (χ3n) is 7.88. The normalized spacial score (nSPS) is 16.5. The maximum atomic E-state index is 13.5. The van der Waals surface area contributed by atoms with Crippen molar-refractivity contribution in [1.29, 1.82) is 0 Å². The summed E-state index contributed by atoms with van der Waals surface area (Å²) < 4.78 is 28.5. The van der Waals surface area contributed by atoms with Crippen LogP contribution in [0.4, 0.5) is 0 Å². The Kier molecular flexibility index (Phi) is 7.57. The third kappa shape index (κ3) is 4.93. The van der Waals surface area contributed by atoms with E-state index in [2.05, 4.69) is 22.5 Å². The first-order valence-electron chi connectivity index (χ1n) is 12.8. The molecule has 1 aromatic carbocycles. The number of carbonyl (C=O) groups is 1. The van der Waals surface area contributed by atoms with Gasteiger partial charge in [-0.05, 0) is 77.5 Å². The SMILES string of the molecule is CCS(=O)(=O)N1CCC([C@H](C)n2c(C)c(C(=O)CCc3c(C)cc(C)[nH]c3=O)c3ccccc32)CC1. The van der Waals surface area contributed by atoms with Crippen LogP contribution in [0.3, 0.4) is 0 Å². The Labute approximate surface area is 213 Å². The van der Waals surface area contributed by atoms with E-state index in [1.165, 1.54) is 0 Å². The van der Waals surface area contributed by atoms with Gasteiger partial charge in [0, 0.05) is 59.0 Å². The second-order valence-corrected chi connectivity index (χ2v) is 12.3. The summed E-state index contributed by atoms with van der Waals surface area (Å²) in [5, 5.41) is 0.937. The van der Waals surface area contributed by atoms with Crippen molar-refractivity contribution in [3.63, 3.8) is 0 Å². The minimum atomic E-state index is -3.17. The number of aryl methyl sites for hydroxylation is 2. The average Bonchev–Trinajstić information content (AvgIpc) is 3.14. The fourth-order valence-electron chi connectivity index (χ4n) is 5.85. The van der Waals surface area contributed by atoms with Gasteiger partial charge in [0.15, 0.2) is 5.78 Å². The summed E-state index contributed by atoms with van der Waals surface area (Å²) in [5.41, 5.74) is 4.96. The van der Waals surface area contributed by atoms with Crippen molar-refractivity contribution >= 4 is 26.7 Å². The van der Waals surface area contributed by atoms with Gasteiger partial charge in [-0.3, -0.25) is 9.59 Å². The molecule has 3 aromatic rings. The van der Waals surface area contributed by atoms with E-state index in [0.717, 1.165) is 46.3 Å². The maximum Gasteiger partial charge on any atom is 0.251 e. The molecule has 4 rings (SSSR count). The van der Waals surface area contributed by atoms with Crippen LogP contribution in [0.1, 0.15) is 72.0 Å². The lowest BCUT2D eigenvalue weighted by Gasteiger charge is -2.35. The molecule has 1 saturated heterocycles. The van der Waals surface area contributed by atoms with Crippen LogP contribution < -0.4 is 5.56 Å². The van der Waals surface area contributed by atoms with Crippen molar-refractivity contribution in [1.82, 2.24) is 13.9 Å². The monoisotopic (exact) mass is 511 g/mol. The highest BCUT2D eigenvalue weighted by Crippen LogP contribution is 2.36. The number of Topliss-reactive ketones (excluding diaryl/α,β-unsaturated/α-hetero) is 1. The molecular weight excluding hydrogens is 474 g/mol. The summed E-state index contributed by atoms with van der Waals surface area (Å²) in [6.45, 7) is 10.7. The van der Waals surface area contributed by atoms with Gasteiger partial charge in [-0.15, -0.1) is 0 Å². The van der Waals surface area contributed by atoms with Crippen molar-refractivity contribution in [2.45, 2.75) is 66.3 Å². The second kappa shape index (κ2) is 10.3. The lowest BCUT2D eigenvalue weighted by atomic mass is 9.91. The Morgan fingerprint density at radius 2 is 1.81 bits per heavy atom. The number of carbonyl (C=O) groups excluding carboxylic acids is 1. The van der Waals surface area contributed by atoms with Gasteiger partial charge in [0.1, 0.15) is 0 Å². The van der Waals surface area contributed by atoms with Crippen LogP contribution in [0.2, 0.25) is 0 Å². The standard InChI is InChI=1S/C28H37N3O4S/c1-6-36(34,35)30-15-13-22(14-16-30)20(4)31-21(5)27(24-9-7-8-10-25(24)31)26(32)12-11-23-18(2)17-19(3)29-28(23)33/h7-10,17,20,22H,6,11-16H2,1-5H3,(H,29,33)/t20-/m0/s1. The minimum absolute atomic E-state index is 0.0397. The van der Waals surface area contributed by atoms with Gasteiger partial charge in [0.05, 0.1) is 5.75 Å². The number of sulfonamides is 1. The lowest BCUT2D eigenvalue weighted by molar-refractivity contribution is 0.0983. The van der Waals surface area contributed by atoms with Crippen LogP contribution in [0.15, 0.2) is 35.1 Å². The molecule has 1 aliphatic rings. The van der Waals surface area contributed by atoms with Gasteiger partial charge in [0.2, 0.25) is 10.0 Å². The molecule has 0 spiro atoms. The van der Waals surface area contributed by atoms with Gasteiger partial charge < -0.3 is 9.55 Å². The molecule has 0 unspecified atom stereocenters. The van der Waals surface area contributed by atoms with Crippen molar-refractivity contribution in [2.75, 3.05) is 18.8 Å². The van der Waals surface area contributed by atoms with Crippen molar-refractivity contribution in [3.05, 3.63) is 68.8 Å². The topological polar surface area (TPSA) is 92.2 Å². The first-order chi connectivity index (χ1) is 17.0. The van der Waals surface area contributed by atoms with E-state index in [9.17, 15) is 18.0 Å². The first kappa shape index (κ1) is 26.4. The molecule has 1 fully saturated rings. The lowest BCUT2D eigenvalue weighted by Crippen LogP contribution is -2.40. The van der Waals surface area contributed by atoms with Crippen LogP contribution in [0, 0.1) is 26.7 Å². The molecular formula is C28H37N3O4S. The summed E-state index contributed by atoms with van der Waals surface area (Å²) >= 11 is 0. The molecule has 1 N–H and O–H groups in total. The van der Waals surface area contributed by atoms with E-state index in [1.807, 2.05) is 45.0 Å². The highest BCUT2D eigenvalue weighted by Gasteiger charge is 2.32. The summed E-state index contributed by atoms with van der Waals surface area (Å²) in [4.78, 5) is 28.8. The molecule has 2 aromatic heterocycles. The van der Waals surface area contributed by atoms with Crippen molar-refractivity contribution in [2.24, 2.45) is 5.92 Å². The molecule has 194 valence electrons. The molecule has 36 heavy (non-hydrogen) atoms. The van der Waals surface area contributed by atoms with E-state index in [0.29, 0.717) is 31.0 Å². The Morgan fingerprint density at radius 1 is 1.14 bits per heavy atom. The molecule has 0 saturated carbocycles. The quantitative estimate of drug-likeness (QED) is 0.444. The Balaban J connectivity index is 1.60.